The van der Waals surface area contributed by atoms with E-state index in [-0.39, 0.29) is 10.8 Å². The van der Waals surface area contributed by atoms with Crippen LogP contribution in [0, 0.1) is 0 Å². The molecule has 12 aromatic carbocycles. The van der Waals surface area contributed by atoms with E-state index in [1.54, 1.807) is 0 Å². The Labute approximate surface area is 471 Å². The Hall–Kier alpha value is -9.70. The molecule has 3 heteroatoms. The van der Waals surface area contributed by atoms with Crippen molar-refractivity contribution in [3.63, 3.8) is 0 Å². The van der Waals surface area contributed by atoms with Gasteiger partial charge in [-0.3, -0.25) is 0 Å². The lowest BCUT2D eigenvalue weighted by molar-refractivity contribution is 0.660. The highest BCUT2D eigenvalue weighted by molar-refractivity contribution is 6.30. The Kier molecular flexibility index (Phi) is 9.65. The largest absolute Gasteiger partial charge is 0.455 e. The van der Waals surface area contributed by atoms with E-state index in [1.807, 2.05) is 0 Å². The monoisotopic (exact) mass is 1040 g/mol. The van der Waals surface area contributed by atoms with Gasteiger partial charge in [0.2, 0.25) is 0 Å². The molecule has 0 spiro atoms. The lowest BCUT2D eigenvalue weighted by Gasteiger charge is -2.33. The first-order chi connectivity index (χ1) is 39.7. The maximum atomic E-state index is 7.33. The first-order valence-electron chi connectivity index (χ1n) is 28.7. The molecule has 0 radical (unpaired) electrons. The lowest BCUT2D eigenvalue weighted by atomic mass is 9.78. The third kappa shape index (κ3) is 6.70. The van der Waals surface area contributed by atoms with Crippen LogP contribution in [0.1, 0.15) is 73.4 Å². The summed E-state index contributed by atoms with van der Waals surface area (Å²) in [6.45, 7) is 9.48. The van der Waals surface area contributed by atoms with Gasteiger partial charge < -0.3 is 14.2 Å². The zero-order valence-electron chi connectivity index (χ0n) is 45.8. The topological polar surface area (TPSA) is 19.6 Å². The molecule has 13 aromatic rings. The minimum Gasteiger partial charge on any atom is -0.455 e. The van der Waals surface area contributed by atoms with E-state index >= 15 is 0 Å². The molecule has 0 saturated heterocycles. The highest BCUT2D eigenvalue weighted by Crippen LogP contribution is 2.54. The van der Waals surface area contributed by atoms with Crippen molar-refractivity contribution in [1.29, 1.82) is 0 Å². The first kappa shape index (κ1) is 46.2. The molecule has 0 amide bonds. The van der Waals surface area contributed by atoms with Gasteiger partial charge in [-0.15, -0.1) is 0 Å². The number of furan rings is 1. The van der Waals surface area contributed by atoms with Crippen LogP contribution >= 0.6 is 0 Å². The molecule has 0 fully saturated rings. The van der Waals surface area contributed by atoms with Gasteiger partial charge in [-0.1, -0.05) is 198 Å². The normalized spacial score (nSPS) is 16.0. The third-order valence-corrected chi connectivity index (χ3v) is 18.9. The van der Waals surface area contributed by atoms with Gasteiger partial charge in [0.25, 0.3) is 0 Å². The van der Waals surface area contributed by atoms with E-state index in [0.29, 0.717) is 5.92 Å². The van der Waals surface area contributed by atoms with Crippen molar-refractivity contribution < 1.29 is 4.42 Å². The number of allylic oxidation sites excluding steroid dienone is 4. The smallest absolute Gasteiger partial charge is 0.143 e. The second-order valence-corrected chi connectivity index (χ2v) is 23.9. The van der Waals surface area contributed by atoms with Crippen molar-refractivity contribution >= 4 is 99.5 Å². The number of hydrogen-bond acceptors (Lipinski definition) is 3. The van der Waals surface area contributed by atoms with Crippen molar-refractivity contribution in [1.82, 2.24) is 0 Å². The molecular formula is C78H56N2O. The number of hydrogen-bond donors (Lipinski definition) is 0. The van der Waals surface area contributed by atoms with Crippen LogP contribution in [0.2, 0.25) is 0 Å². The third-order valence-electron chi connectivity index (χ3n) is 18.9. The average molecular weight is 1040 g/mol. The van der Waals surface area contributed by atoms with Gasteiger partial charge in [0.15, 0.2) is 0 Å². The van der Waals surface area contributed by atoms with Gasteiger partial charge in [0, 0.05) is 73.1 Å². The molecule has 81 heavy (non-hydrogen) atoms. The molecule has 0 saturated carbocycles. The molecule has 4 aliphatic carbocycles. The molecule has 1 heterocycles. The van der Waals surface area contributed by atoms with Crippen LogP contribution in [0.3, 0.4) is 0 Å². The Morgan fingerprint density at radius 3 is 1.69 bits per heavy atom. The fourth-order valence-electron chi connectivity index (χ4n) is 14.9. The standard InChI is InChI=1S/C78H56N2O/c1-77(2)70-23-13-11-20-62(70)64-37-31-54(44-72(64)77)79(51-29-35-59-49(41-51)27-25-47-15-5-7-17-57(47)59)53-33-39-67-69(43-53)61-19-9-10-22-66(61)75-68-40-34-56(46-74(68)81-76(67)75)80(52-30-36-60-50(42-52)28-26-48-16-6-8-18-58(48)60)55-32-38-65-63-21-12-14-24-71(63)78(3,4)73(65)45-55/h5-34,36-46,59H,35H2,1-4H3/t59-/m0/s1. The van der Waals surface area contributed by atoms with Gasteiger partial charge in [-0.25, -0.2) is 0 Å². The van der Waals surface area contributed by atoms with Crippen LogP contribution in [0.4, 0.5) is 28.4 Å². The number of anilines is 5. The molecule has 0 unspecified atom stereocenters. The molecule has 1 atom stereocenters. The van der Waals surface area contributed by atoms with E-state index in [0.717, 1.165) is 67.6 Å². The Morgan fingerprint density at radius 2 is 0.938 bits per heavy atom. The maximum Gasteiger partial charge on any atom is 0.143 e. The highest BCUT2D eigenvalue weighted by Gasteiger charge is 2.38. The van der Waals surface area contributed by atoms with Crippen LogP contribution < -0.4 is 9.80 Å². The number of fused-ring (bicyclic) bond motifs is 20. The average Bonchev–Trinajstić information content (AvgIpc) is 3.85. The number of benzene rings is 12. The zero-order chi connectivity index (χ0) is 53.9. The summed E-state index contributed by atoms with van der Waals surface area (Å²) in [5.41, 5.74) is 22.9. The van der Waals surface area contributed by atoms with E-state index in [4.69, 9.17) is 4.42 Å². The summed E-state index contributed by atoms with van der Waals surface area (Å²) < 4.78 is 7.33. The number of rotatable bonds is 6. The van der Waals surface area contributed by atoms with Crippen LogP contribution in [-0.2, 0) is 10.8 Å². The van der Waals surface area contributed by atoms with Gasteiger partial charge in [0.1, 0.15) is 11.2 Å². The molecule has 0 bridgehead atoms. The maximum absolute atomic E-state index is 7.33. The van der Waals surface area contributed by atoms with Crippen molar-refractivity contribution in [2.24, 2.45) is 0 Å². The summed E-state index contributed by atoms with van der Waals surface area (Å²) in [7, 11) is 0. The van der Waals surface area contributed by atoms with Gasteiger partial charge >= 0.3 is 0 Å². The van der Waals surface area contributed by atoms with E-state index in [1.165, 1.54) is 99.2 Å². The Balaban J connectivity index is 0.838. The molecule has 17 rings (SSSR count). The van der Waals surface area contributed by atoms with Crippen molar-refractivity contribution in [2.45, 2.75) is 50.9 Å². The molecule has 0 N–H and O–H groups in total. The van der Waals surface area contributed by atoms with Crippen LogP contribution in [-0.4, -0.2) is 0 Å². The molecule has 3 nitrogen and oxygen atoms in total. The molecule has 1 aromatic heterocycles. The predicted molar refractivity (Wildman–Crippen MR) is 341 cm³/mol. The second-order valence-electron chi connectivity index (χ2n) is 23.9. The summed E-state index contributed by atoms with van der Waals surface area (Å²) in [5, 5.41) is 11.8. The highest BCUT2D eigenvalue weighted by atomic mass is 16.3. The summed E-state index contributed by atoms with van der Waals surface area (Å²) in [6.07, 6.45) is 10.5. The van der Waals surface area contributed by atoms with Crippen molar-refractivity contribution in [2.75, 3.05) is 9.80 Å². The lowest BCUT2D eigenvalue weighted by Crippen LogP contribution is -2.21. The van der Waals surface area contributed by atoms with Crippen LogP contribution in [0.5, 0.6) is 0 Å². The van der Waals surface area contributed by atoms with Gasteiger partial charge in [0.05, 0.1) is 0 Å². The predicted octanol–water partition coefficient (Wildman–Crippen LogP) is 21.4. The SMILES string of the molecule is CC1(C)c2ccccc2-c2ccc(N(C3=CC[C@H]4C(=C3)C=Cc3ccccc34)c3ccc4c(c3)c3ccccc3c3c5ccc(N(c6ccc7c(c6)C(C)(C)c6ccccc6-7)c6ccc7c(ccc8ccccc87)c6)cc5oc43)cc21. The quantitative estimate of drug-likeness (QED) is 0.155. The fourth-order valence-corrected chi connectivity index (χ4v) is 14.9. The van der Waals surface area contributed by atoms with Crippen molar-refractivity contribution in [3.05, 3.63) is 287 Å². The first-order valence-corrected chi connectivity index (χ1v) is 28.7. The van der Waals surface area contributed by atoms with E-state index in [9.17, 15) is 0 Å². The number of nitrogens with zero attached hydrogens (tertiary/aromatic N) is 2. The summed E-state index contributed by atoms with van der Waals surface area (Å²) in [6, 6.07) is 83.9. The molecule has 4 aliphatic rings. The van der Waals surface area contributed by atoms with E-state index in [2.05, 4.69) is 286 Å². The summed E-state index contributed by atoms with van der Waals surface area (Å²) in [5.74, 6) is 0.325. The minimum absolute atomic E-state index is 0.146. The molecule has 384 valence electrons. The summed E-state index contributed by atoms with van der Waals surface area (Å²) >= 11 is 0. The fraction of sp³-hybridized carbons (Fsp3) is 0.103. The van der Waals surface area contributed by atoms with Gasteiger partial charge in [-0.05, 0) is 178 Å². The van der Waals surface area contributed by atoms with Crippen molar-refractivity contribution in [3.8, 4) is 22.3 Å². The summed E-state index contributed by atoms with van der Waals surface area (Å²) in [4.78, 5) is 4.93. The van der Waals surface area contributed by atoms with Crippen LogP contribution in [0.15, 0.2) is 258 Å². The second kappa shape index (κ2) is 16.9. The molecule has 0 aliphatic heterocycles. The van der Waals surface area contributed by atoms with Gasteiger partial charge in [-0.2, -0.15) is 0 Å². The van der Waals surface area contributed by atoms with Crippen LogP contribution in [0.25, 0.3) is 93.4 Å². The zero-order valence-corrected chi connectivity index (χ0v) is 45.8. The Morgan fingerprint density at radius 1 is 0.395 bits per heavy atom. The Bertz CT molecular complexity index is 5000. The van der Waals surface area contributed by atoms with E-state index < -0.39 is 0 Å². The molecular weight excluding hydrogens is 981 g/mol. The minimum atomic E-state index is -0.157.